The van der Waals surface area contributed by atoms with Crippen LogP contribution in [0.25, 0.3) is 0 Å². The summed E-state index contributed by atoms with van der Waals surface area (Å²) in [6.45, 7) is 9.65. The van der Waals surface area contributed by atoms with Crippen LogP contribution in [0.2, 0.25) is 0 Å². The molecule has 1 aliphatic carbocycles. The van der Waals surface area contributed by atoms with Crippen LogP contribution in [0.1, 0.15) is 80.1 Å². The zero-order valence-electron chi connectivity index (χ0n) is 19.8. The minimum atomic E-state index is -0.604. The smallest absolute Gasteiger partial charge is 0.255 e. The van der Waals surface area contributed by atoms with Crippen molar-refractivity contribution < 1.29 is 14.6 Å². The number of nitrogens with zero attached hydrogens (tertiary/aromatic N) is 1. The molecule has 32 heavy (non-hydrogen) atoms. The van der Waals surface area contributed by atoms with E-state index in [0.29, 0.717) is 24.7 Å². The van der Waals surface area contributed by atoms with Gasteiger partial charge in [0, 0.05) is 17.2 Å². The maximum absolute atomic E-state index is 12.9. The highest BCUT2D eigenvalue weighted by Crippen LogP contribution is 2.53. The first-order valence-corrected chi connectivity index (χ1v) is 11.9. The van der Waals surface area contributed by atoms with Crippen LogP contribution in [0.3, 0.4) is 0 Å². The molecule has 0 bridgehead atoms. The fraction of sp³-hybridized carbons (Fsp3) is 0.556. The van der Waals surface area contributed by atoms with E-state index >= 15 is 0 Å². The number of aliphatic hydroxyl groups is 1. The molecular formula is C27H36N2O3. The van der Waals surface area contributed by atoms with Crippen molar-refractivity contribution in [2.45, 2.75) is 77.4 Å². The van der Waals surface area contributed by atoms with Gasteiger partial charge in [0.15, 0.2) is 0 Å². The molecule has 1 aromatic carbocycles. The number of pyridine rings is 1. The van der Waals surface area contributed by atoms with E-state index in [2.05, 4.69) is 37.1 Å². The summed E-state index contributed by atoms with van der Waals surface area (Å²) >= 11 is 0. The molecule has 1 amide bonds. The molecule has 0 radical (unpaired) electrons. The number of hydrogen-bond acceptors (Lipinski definition) is 4. The number of aromatic nitrogens is 1. The molecule has 4 rings (SSSR count). The third-order valence-electron chi connectivity index (χ3n) is 7.60. The number of aryl methyl sites for hydroxylation is 1. The summed E-state index contributed by atoms with van der Waals surface area (Å²) in [6.07, 6.45) is 6.11. The van der Waals surface area contributed by atoms with Crippen LogP contribution < -0.4 is 5.32 Å². The average molecular weight is 437 g/mol. The predicted octanol–water partition coefficient (Wildman–Crippen LogP) is 5.40. The third kappa shape index (κ3) is 4.33. The van der Waals surface area contributed by atoms with Gasteiger partial charge in [0.25, 0.3) is 5.91 Å². The molecule has 5 nitrogen and oxygen atoms in total. The van der Waals surface area contributed by atoms with Crippen LogP contribution in [0.4, 0.5) is 5.69 Å². The second kappa shape index (κ2) is 8.95. The second-order valence-electron chi connectivity index (χ2n) is 10.2. The van der Waals surface area contributed by atoms with Crippen molar-refractivity contribution >= 4 is 11.6 Å². The van der Waals surface area contributed by atoms with Gasteiger partial charge >= 0.3 is 0 Å². The lowest BCUT2D eigenvalue weighted by Crippen LogP contribution is -2.49. The van der Waals surface area contributed by atoms with Gasteiger partial charge in [-0.25, -0.2) is 0 Å². The predicted molar refractivity (Wildman–Crippen MR) is 127 cm³/mol. The number of ether oxygens (including phenoxy) is 1. The van der Waals surface area contributed by atoms with Gasteiger partial charge in [0.05, 0.1) is 30.2 Å². The molecule has 2 heterocycles. The van der Waals surface area contributed by atoms with E-state index in [9.17, 15) is 9.90 Å². The molecule has 1 fully saturated rings. The van der Waals surface area contributed by atoms with Crippen molar-refractivity contribution in [3.63, 3.8) is 0 Å². The Morgan fingerprint density at radius 2 is 2.12 bits per heavy atom. The van der Waals surface area contributed by atoms with Crippen LogP contribution in [-0.4, -0.2) is 28.2 Å². The van der Waals surface area contributed by atoms with Crippen LogP contribution >= 0.6 is 0 Å². The number of amides is 1. The monoisotopic (exact) mass is 436 g/mol. The number of carbonyl (C=O) groups excluding carboxylic acids is 1. The summed E-state index contributed by atoms with van der Waals surface area (Å²) < 4.78 is 6.13. The zero-order chi connectivity index (χ0) is 22.9. The highest BCUT2D eigenvalue weighted by Gasteiger charge is 2.50. The normalized spacial score (nSPS) is 27.4. The van der Waals surface area contributed by atoms with Crippen LogP contribution in [0, 0.1) is 18.8 Å². The maximum atomic E-state index is 12.9. The van der Waals surface area contributed by atoms with Gasteiger partial charge in [-0.3, -0.25) is 9.78 Å². The number of carbonyl (C=O) groups is 1. The fourth-order valence-corrected chi connectivity index (χ4v) is 6.05. The molecule has 172 valence electrons. The minimum absolute atomic E-state index is 0.00993. The van der Waals surface area contributed by atoms with Crippen molar-refractivity contribution in [2.24, 2.45) is 11.8 Å². The van der Waals surface area contributed by atoms with E-state index in [1.807, 2.05) is 31.2 Å². The van der Waals surface area contributed by atoms with Gasteiger partial charge in [-0.1, -0.05) is 26.8 Å². The quantitative estimate of drug-likeness (QED) is 0.658. The van der Waals surface area contributed by atoms with Crippen molar-refractivity contribution in [3.8, 4) is 0 Å². The van der Waals surface area contributed by atoms with Crippen LogP contribution in [0.15, 0.2) is 36.5 Å². The summed E-state index contributed by atoms with van der Waals surface area (Å²) in [5.74, 6) is 0.617. The van der Waals surface area contributed by atoms with Gasteiger partial charge in [-0.05, 0) is 86.3 Å². The Morgan fingerprint density at radius 3 is 2.84 bits per heavy atom. The van der Waals surface area contributed by atoms with E-state index in [1.165, 1.54) is 5.56 Å². The summed E-state index contributed by atoms with van der Waals surface area (Å²) in [4.78, 5) is 17.2. The van der Waals surface area contributed by atoms with E-state index in [4.69, 9.17) is 4.74 Å². The van der Waals surface area contributed by atoms with Gasteiger partial charge in [-0.15, -0.1) is 0 Å². The first kappa shape index (κ1) is 22.9. The van der Waals surface area contributed by atoms with Crippen molar-refractivity contribution in [2.75, 3.05) is 11.9 Å². The Hall–Kier alpha value is -2.24. The van der Waals surface area contributed by atoms with E-state index in [-0.39, 0.29) is 17.2 Å². The van der Waals surface area contributed by atoms with Crippen molar-refractivity contribution in [1.82, 2.24) is 4.98 Å². The molecule has 3 atom stereocenters. The van der Waals surface area contributed by atoms with Crippen LogP contribution in [-0.2, 0) is 16.8 Å². The molecule has 2 aromatic rings. The summed E-state index contributed by atoms with van der Waals surface area (Å²) in [5, 5.41) is 14.3. The van der Waals surface area contributed by atoms with Gasteiger partial charge in [0.2, 0.25) is 0 Å². The number of benzene rings is 1. The van der Waals surface area contributed by atoms with Gasteiger partial charge in [0.1, 0.15) is 0 Å². The largest absolute Gasteiger partial charge is 0.390 e. The molecule has 1 aromatic heterocycles. The average Bonchev–Trinajstić information content (AvgIpc) is 2.90. The lowest BCUT2D eigenvalue weighted by Gasteiger charge is -2.50. The fourth-order valence-electron chi connectivity index (χ4n) is 6.05. The summed E-state index contributed by atoms with van der Waals surface area (Å²) in [7, 11) is 0. The Balaban J connectivity index is 1.62. The van der Waals surface area contributed by atoms with Gasteiger partial charge < -0.3 is 15.2 Å². The molecule has 5 heteroatoms. The molecular weight excluding hydrogens is 400 g/mol. The topological polar surface area (TPSA) is 71.5 Å². The first-order valence-electron chi connectivity index (χ1n) is 11.9. The Kier molecular flexibility index (Phi) is 6.42. The first-order chi connectivity index (χ1) is 15.3. The number of rotatable bonds is 5. The minimum Gasteiger partial charge on any atom is -0.390 e. The molecule has 2 N–H and O–H groups in total. The lowest BCUT2D eigenvalue weighted by molar-refractivity contribution is -0.0763. The molecule has 2 aliphatic rings. The third-order valence-corrected chi connectivity index (χ3v) is 7.60. The maximum Gasteiger partial charge on any atom is 0.255 e. The SMILES string of the molecule is CC[C@]12CC[C@@](O)(CC(C)C)C[C@H]1COCc1cc(C(=O)Nc3cccnc3C)ccc12. The molecule has 0 saturated heterocycles. The van der Waals surface area contributed by atoms with Crippen LogP contribution in [0.5, 0.6) is 0 Å². The summed E-state index contributed by atoms with van der Waals surface area (Å²) in [6, 6.07) is 9.75. The zero-order valence-corrected chi connectivity index (χ0v) is 19.8. The molecule has 0 spiro atoms. The lowest BCUT2D eigenvalue weighted by atomic mass is 9.56. The van der Waals surface area contributed by atoms with E-state index in [0.717, 1.165) is 49.0 Å². The number of nitrogens with one attached hydrogen (secondary N) is 1. The Morgan fingerprint density at radius 1 is 1.31 bits per heavy atom. The summed E-state index contributed by atoms with van der Waals surface area (Å²) in [5.41, 5.74) is 3.93. The number of hydrogen-bond donors (Lipinski definition) is 2. The number of fused-ring (bicyclic) bond motifs is 3. The standard InChI is InChI=1S/C27H36N2O3/c1-5-27-11-10-26(31,14-18(2)3)15-22(27)17-32-16-21-13-20(8-9-23(21)27)25(30)29-24-7-6-12-28-19(24)4/h6-9,12-13,18,22,31H,5,10-11,14-17H2,1-4H3,(H,29,30)/t22-,26+,27-/m0/s1. The number of anilines is 1. The Labute approximate surface area is 191 Å². The molecule has 1 saturated carbocycles. The van der Waals surface area contributed by atoms with Crippen molar-refractivity contribution in [1.29, 1.82) is 0 Å². The highest BCUT2D eigenvalue weighted by molar-refractivity contribution is 6.04. The van der Waals surface area contributed by atoms with Gasteiger partial charge in [-0.2, -0.15) is 0 Å². The molecule has 1 aliphatic heterocycles. The van der Waals surface area contributed by atoms with E-state index in [1.54, 1.807) is 6.20 Å². The highest BCUT2D eigenvalue weighted by atomic mass is 16.5. The molecule has 0 unspecified atom stereocenters. The second-order valence-corrected chi connectivity index (χ2v) is 10.2. The van der Waals surface area contributed by atoms with E-state index < -0.39 is 5.60 Å². The van der Waals surface area contributed by atoms with Crippen molar-refractivity contribution in [3.05, 3.63) is 58.9 Å². The Bertz CT molecular complexity index is 989.